The number of aromatic nitrogens is 2. The third-order valence-corrected chi connectivity index (χ3v) is 7.50. The van der Waals surface area contributed by atoms with E-state index in [-0.39, 0.29) is 28.9 Å². The monoisotopic (exact) mass is 439 g/mol. The van der Waals surface area contributed by atoms with Crippen molar-refractivity contribution in [2.75, 3.05) is 26.3 Å². The molecule has 3 aliphatic heterocycles. The van der Waals surface area contributed by atoms with Crippen molar-refractivity contribution in [2.45, 2.75) is 51.7 Å². The minimum absolute atomic E-state index is 0.00737. The van der Waals surface area contributed by atoms with E-state index in [9.17, 15) is 4.79 Å². The Morgan fingerprint density at radius 2 is 2.06 bits per heavy atom. The van der Waals surface area contributed by atoms with Crippen LogP contribution >= 0.6 is 0 Å². The summed E-state index contributed by atoms with van der Waals surface area (Å²) in [6.07, 6.45) is 6.39. The van der Waals surface area contributed by atoms with Crippen LogP contribution in [0, 0.1) is 11.3 Å². The van der Waals surface area contributed by atoms with Crippen molar-refractivity contribution in [2.24, 2.45) is 18.4 Å². The van der Waals surface area contributed by atoms with Gasteiger partial charge in [0.1, 0.15) is 11.3 Å². The largest absolute Gasteiger partial charge is 0.490 e. The van der Waals surface area contributed by atoms with E-state index in [2.05, 4.69) is 24.9 Å². The predicted molar refractivity (Wildman–Crippen MR) is 120 cm³/mol. The molecule has 1 aromatic carbocycles. The fourth-order valence-corrected chi connectivity index (χ4v) is 5.62. The number of likely N-dealkylation sites (tertiary alicyclic amines) is 1. The van der Waals surface area contributed by atoms with Crippen LogP contribution in [-0.2, 0) is 11.8 Å². The van der Waals surface area contributed by atoms with Gasteiger partial charge in [-0.15, -0.1) is 0 Å². The summed E-state index contributed by atoms with van der Waals surface area (Å²) in [4.78, 5) is 19.0. The lowest BCUT2D eigenvalue weighted by Gasteiger charge is -2.54. The second-order valence-electron chi connectivity index (χ2n) is 10.1. The van der Waals surface area contributed by atoms with E-state index >= 15 is 0 Å². The number of aryl methyl sites for hydroxylation is 1. The SMILES string of the molecule is CCOc1cccc2c1OC(C)(C)[C@H]1CC3(CCN(C(=O)c4cn(C)cn4)CC3)CO[C@H]21. The molecule has 3 aliphatic rings. The van der Waals surface area contributed by atoms with Crippen LogP contribution in [0.2, 0.25) is 0 Å². The van der Waals surface area contributed by atoms with Crippen molar-refractivity contribution >= 4 is 5.91 Å². The summed E-state index contributed by atoms with van der Waals surface area (Å²) in [6, 6.07) is 6.10. The Kier molecular flexibility index (Phi) is 5.19. The molecule has 0 saturated carbocycles. The number of carbonyl (C=O) groups excluding carboxylic acids is 1. The van der Waals surface area contributed by atoms with Gasteiger partial charge in [0.05, 0.1) is 25.6 Å². The first-order valence-electron chi connectivity index (χ1n) is 11.7. The molecule has 2 saturated heterocycles. The molecular formula is C25H33N3O4. The molecule has 5 rings (SSSR count). The smallest absolute Gasteiger partial charge is 0.274 e. The van der Waals surface area contributed by atoms with Gasteiger partial charge in [-0.3, -0.25) is 4.79 Å². The van der Waals surface area contributed by atoms with E-state index in [4.69, 9.17) is 14.2 Å². The highest BCUT2D eigenvalue weighted by Gasteiger charge is 2.53. The van der Waals surface area contributed by atoms with Crippen LogP contribution in [0.15, 0.2) is 30.7 Å². The molecule has 0 radical (unpaired) electrons. The molecule has 172 valence electrons. The van der Waals surface area contributed by atoms with Gasteiger partial charge in [0, 0.05) is 37.8 Å². The van der Waals surface area contributed by atoms with E-state index in [1.54, 1.807) is 12.5 Å². The molecule has 1 aromatic heterocycles. The van der Waals surface area contributed by atoms with Crippen molar-refractivity contribution in [1.82, 2.24) is 14.5 Å². The maximum atomic E-state index is 12.8. The van der Waals surface area contributed by atoms with Gasteiger partial charge >= 0.3 is 0 Å². The van der Waals surface area contributed by atoms with Crippen LogP contribution in [0.25, 0.3) is 0 Å². The zero-order valence-electron chi connectivity index (χ0n) is 19.5. The normalized spacial score (nSPS) is 25.6. The number of rotatable bonds is 3. The lowest BCUT2D eigenvalue weighted by molar-refractivity contribution is -0.173. The van der Waals surface area contributed by atoms with Gasteiger partial charge in [-0.2, -0.15) is 0 Å². The number of carbonyl (C=O) groups is 1. The Morgan fingerprint density at radius 3 is 2.75 bits per heavy atom. The van der Waals surface area contributed by atoms with E-state index in [0.29, 0.717) is 18.9 Å². The van der Waals surface area contributed by atoms with Gasteiger partial charge in [0.15, 0.2) is 11.5 Å². The first kappa shape index (κ1) is 21.3. The van der Waals surface area contributed by atoms with E-state index in [1.807, 2.05) is 35.6 Å². The third-order valence-electron chi connectivity index (χ3n) is 7.50. The van der Waals surface area contributed by atoms with Gasteiger partial charge in [-0.1, -0.05) is 12.1 Å². The molecule has 1 amide bonds. The Balaban J connectivity index is 1.33. The Hall–Kier alpha value is -2.54. The van der Waals surface area contributed by atoms with Crippen LogP contribution < -0.4 is 9.47 Å². The zero-order chi connectivity index (χ0) is 22.5. The summed E-state index contributed by atoms with van der Waals surface area (Å²) >= 11 is 0. The quantitative estimate of drug-likeness (QED) is 0.724. The highest BCUT2D eigenvalue weighted by Crippen LogP contribution is 2.57. The standard InChI is InChI=1S/C25H33N3O4/c1-5-30-20-8-6-7-17-21-18(24(2,3)32-22(17)20)13-25(15-31-21)9-11-28(12-10-25)23(29)19-14-27(4)16-26-19/h6-8,14,16,18,21H,5,9-13,15H2,1-4H3/t18-,21+/m0/s1. The van der Waals surface area contributed by atoms with Crippen molar-refractivity contribution in [3.05, 3.63) is 42.0 Å². The summed E-state index contributed by atoms with van der Waals surface area (Å²) < 4.78 is 20.8. The van der Waals surface area contributed by atoms with Gasteiger partial charge in [0.2, 0.25) is 0 Å². The Bertz CT molecular complexity index is 1010. The molecule has 4 heterocycles. The molecule has 0 bridgehead atoms. The van der Waals surface area contributed by atoms with Crippen LogP contribution in [0.4, 0.5) is 0 Å². The molecule has 2 fully saturated rings. The molecule has 2 atom stereocenters. The molecule has 2 aromatic rings. The molecule has 1 spiro atoms. The Morgan fingerprint density at radius 1 is 1.28 bits per heavy atom. The lowest BCUT2D eigenvalue weighted by Crippen LogP contribution is -2.54. The van der Waals surface area contributed by atoms with Crippen molar-refractivity contribution in [1.29, 1.82) is 0 Å². The third kappa shape index (κ3) is 3.56. The number of hydrogen-bond acceptors (Lipinski definition) is 5. The number of imidazole rings is 1. The fourth-order valence-electron chi connectivity index (χ4n) is 5.62. The maximum absolute atomic E-state index is 12.8. The summed E-state index contributed by atoms with van der Waals surface area (Å²) in [7, 11) is 1.88. The van der Waals surface area contributed by atoms with Gasteiger partial charge in [-0.25, -0.2) is 4.98 Å². The number of para-hydroxylation sites is 1. The first-order valence-corrected chi connectivity index (χ1v) is 11.7. The summed E-state index contributed by atoms with van der Waals surface area (Å²) in [6.45, 7) is 9.12. The van der Waals surface area contributed by atoms with E-state index in [0.717, 1.165) is 49.4 Å². The van der Waals surface area contributed by atoms with Crippen LogP contribution in [0.3, 0.4) is 0 Å². The lowest BCUT2D eigenvalue weighted by atomic mass is 9.64. The predicted octanol–water partition coefficient (Wildman–Crippen LogP) is 3.99. The minimum atomic E-state index is -0.362. The van der Waals surface area contributed by atoms with E-state index in [1.165, 1.54) is 0 Å². The van der Waals surface area contributed by atoms with Crippen LogP contribution in [-0.4, -0.2) is 52.3 Å². The minimum Gasteiger partial charge on any atom is -0.490 e. The topological polar surface area (TPSA) is 65.8 Å². The molecule has 0 N–H and O–H groups in total. The first-order chi connectivity index (χ1) is 15.3. The van der Waals surface area contributed by atoms with E-state index < -0.39 is 0 Å². The molecule has 0 aliphatic carbocycles. The summed E-state index contributed by atoms with van der Waals surface area (Å²) in [5.74, 6) is 1.89. The van der Waals surface area contributed by atoms with Gasteiger partial charge < -0.3 is 23.7 Å². The second kappa shape index (κ2) is 7.80. The number of hydrogen-bond donors (Lipinski definition) is 0. The number of ether oxygens (including phenoxy) is 3. The number of benzene rings is 1. The number of piperidine rings is 1. The van der Waals surface area contributed by atoms with Gasteiger partial charge in [-0.05, 0) is 51.5 Å². The summed E-state index contributed by atoms with van der Waals surface area (Å²) in [5.41, 5.74) is 1.33. The maximum Gasteiger partial charge on any atom is 0.274 e. The average molecular weight is 440 g/mol. The van der Waals surface area contributed by atoms with Crippen molar-refractivity contribution < 1.29 is 19.0 Å². The second-order valence-corrected chi connectivity index (χ2v) is 10.1. The number of fused-ring (bicyclic) bond motifs is 3. The molecule has 7 nitrogen and oxygen atoms in total. The molecule has 0 unspecified atom stereocenters. The number of nitrogens with zero attached hydrogens (tertiary/aromatic N) is 3. The Labute approximate surface area is 189 Å². The highest BCUT2D eigenvalue weighted by atomic mass is 16.5. The van der Waals surface area contributed by atoms with Crippen LogP contribution in [0.5, 0.6) is 11.5 Å². The van der Waals surface area contributed by atoms with Crippen LogP contribution in [0.1, 0.15) is 62.2 Å². The molecular weight excluding hydrogens is 406 g/mol. The van der Waals surface area contributed by atoms with Crippen molar-refractivity contribution in [3.8, 4) is 11.5 Å². The summed E-state index contributed by atoms with van der Waals surface area (Å²) in [5, 5.41) is 0. The van der Waals surface area contributed by atoms with Gasteiger partial charge in [0.25, 0.3) is 5.91 Å². The number of amides is 1. The average Bonchev–Trinajstić information content (AvgIpc) is 3.21. The van der Waals surface area contributed by atoms with Crippen molar-refractivity contribution in [3.63, 3.8) is 0 Å². The zero-order valence-corrected chi connectivity index (χ0v) is 19.5. The highest BCUT2D eigenvalue weighted by molar-refractivity contribution is 5.92. The molecule has 7 heteroatoms. The molecule has 32 heavy (non-hydrogen) atoms. The fraction of sp³-hybridized carbons (Fsp3) is 0.600.